The van der Waals surface area contributed by atoms with Crippen molar-refractivity contribution in [2.24, 2.45) is 5.92 Å². The lowest BCUT2D eigenvalue weighted by molar-refractivity contribution is -0.118. The Labute approximate surface area is 183 Å². The second-order valence-electron chi connectivity index (χ2n) is 7.94. The number of aryl methyl sites for hydroxylation is 3. The fourth-order valence-electron chi connectivity index (χ4n) is 3.15. The van der Waals surface area contributed by atoms with Gasteiger partial charge in [0.25, 0.3) is 0 Å². The Balaban J connectivity index is 1.56. The van der Waals surface area contributed by atoms with Gasteiger partial charge in [0.1, 0.15) is 5.82 Å². The minimum Gasteiger partial charge on any atom is -0.351 e. The van der Waals surface area contributed by atoms with Gasteiger partial charge in [0.15, 0.2) is 5.16 Å². The van der Waals surface area contributed by atoms with Crippen LogP contribution in [0.4, 0.5) is 0 Å². The number of aromatic nitrogens is 3. The molecule has 3 rings (SSSR count). The van der Waals surface area contributed by atoms with E-state index in [-0.39, 0.29) is 5.91 Å². The predicted octanol–water partition coefficient (Wildman–Crippen LogP) is 4.44. The average Bonchev–Trinajstić information content (AvgIpc) is 3.12. The number of amides is 1. The zero-order valence-electron chi connectivity index (χ0n) is 18.0. The Morgan fingerprint density at radius 3 is 2.43 bits per heavy atom. The van der Waals surface area contributed by atoms with E-state index in [0.717, 1.165) is 35.9 Å². The highest BCUT2D eigenvalue weighted by Gasteiger charge is 2.15. The Morgan fingerprint density at radius 2 is 1.73 bits per heavy atom. The van der Waals surface area contributed by atoms with E-state index >= 15 is 0 Å². The summed E-state index contributed by atoms with van der Waals surface area (Å²) in [7, 11) is 0. The summed E-state index contributed by atoms with van der Waals surface area (Å²) < 4.78 is 2.17. The normalized spacial score (nSPS) is 11.1. The molecule has 0 aliphatic heterocycles. The molecule has 1 heterocycles. The zero-order valence-corrected chi connectivity index (χ0v) is 18.8. The maximum atomic E-state index is 12.3. The molecule has 0 aliphatic rings. The summed E-state index contributed by atoms with van der Waals surface area (Å²) in [6, 6.07) is 18.6. The van der Waals surface area contributed by atoms with Crippen LogP contribution >= 0.6 is 11.8 Å². The van der Waals surface area contributed by atoms with Gasteiger partial charge in [0, 0.05) is 19.5 Å². The van der Waals surface area contributed by atoms with Gasteiger partial charge in [0.05, 0.1) is 5.75 Å². The highest BCUT2D eigenvalue weighted by molar-refractivity contribution is 7.99. The molecule has 1 aromatic heterocycles. The summed E-state index contributed by atoms with van der Waals surface area (Å²) in [5.41, 5.74) is 3.61. The summed E-state index contributed by atoms with van der Waals surface area (Å²) in [5.74, 6) is 1.80. The van der Waals surface area contributed by atoms with Crippen molar-refractivity contribution in [1.82, 2.24) is 20.1 Å². The number of rotatable bonds is 10. The van der Waals surface area contributed by atoms with Crippen LogP contribution in [0.15, 0.2) is 59.8 Å². The number of nitrogens with zero attached hydrogens (tertiary/aromatic N) is 3. The summed E-state index contributed by atoms with van der Waals surface area (Å²) in [5, 5.41) is 12.6. The van der Waals surface area contributed by atoms with Gasteiger partial charge in [-0.15, -0.1) is 10.2 Å². The molecule has 1 amide bonds. The lowest BCUT2D eigenvalue weighted by Gasteiger charge is -2.12. The van der Waals surface area contributed by atoms with Gasteiger partial charge >= 0.3 is 0 Å². The predicted molar refractivity (Wildman–Crippen MR) is 122 cm³/mol. The number of carbonyl (C=O) groups is 1. The lowest BCUT2D eigenvalue weighted by atomic mass is 10.1. The Morgan fingerprint density at radius 1 is 1.00 bits per heavy atom. The van der Waals surface area contributed by atoms with Gasteiger partial charge in [-0.25, -0.2) is 0 Å². The van der Waals surface area contributed by atoms with Gasteiger partial charge in [-0.05, 0) is 30.4 Å². The monoisotopic (exact) mass is 422 g/mol. The van der Waals surface area contributed by atoms with E-state index in [9.17, 15) is 4.79 Å². The first-order chi connectivity index (χ1) is 14.5. The summed E-state index contributed by atoms with van der Waals surface area (Å²) in [4.78, 5) is 12.3. The number of thioether (sulfide) groups is 1. The molecule has 6 heteroatoms. The minimum atomic E-state index is 0.00510. The number of carbonyl (C=O) groups excluding carboxylic acids is 1. The van der Waals surface area contributed by atoms with E-state index < -0.39 is 0 Å². The molecule has 5 nitrogen and oxygen atoms in total. The first kappa shape index (κ1) is 22.1. The standard InChI is InChI=1S/C24H30N4OS/c1-18(2)16-28-22(14-13-20-7-5-4-6-8-20)26-27-24(28)30-17-23(29)25-15-21-11-9-19(3)10-12-21/h4-12,18H,13-17H2,1-3H3,(H,25,29). The fourth-order valence-corrected chi connectivity index (χ4v) is 3.94. The third-order valence-corrected chi connectivity index (χ3v) is 5.73. The van der Waals surface area contributed by atoms with Crippen LogP contribution in [0.5, 0.6) is 0 Å². The second-order valence-corrected chi connectivity index (χ2v) is 8.88. The van der Waals surface area contributed by atoms with Gasteiger partial charge in [-0.2, -0.15) is 0 Å². The van der Waals surface area contributed by atoms with Crippen molar-refractivity contribution in [1.29, 1.82) is 0 Å². The van der Waals surface area contributed by atoms with E-state index in [4.69, 9.17) is 0 Å². The smallest absolute Gasteiger partial charge is 0.230 e. The van der Waals surface area contributed by atoms with Crippen LogP contribution in [0, 0.1) is 12.8 Å². The Kier molecular flexibility index (Phi) is 8.08. The van der Waals surface area contributed by atoms with Crippen LogP contribution < -0.4 is 5.32 Å². The molecule has 0 unspecified atom stereocenters. The summed E-state index contributed by atoms with van der Waals surface area (Å²) in [6.07, 6.45) is 1.77. The van der Waals surface area contributed by atoms with Crippen LogP contribution in [0.2, 0.25) is 0 Å². The van der Waals surface area contributed by atoms with Gasteiger partial charge in [0.2, 0.25) is 5.91 Å². The van der Waals surface area contributed by atoms with Crippen molar-refractivity contribution in [2.75, 3.05) is 5.75 Å². The molecule has 30 heavy (non-hydrogen) atoms. The van der Waals surface area contributed by atoms with Crippen molar-refractivity contribution in [2.45, 2.75) is 51.9 Å². The van der Waals surface area contributed by atoms with Crippen LogP contribution in [0.3, 0.4) is 0 Å². The van der Waals surface area contributed by atoms with E-state index in [1.165, 1.54) is 22.9 Å². The van der Waals surface area contributed by atoms with Crippen molar-refractivity contribution < 1.29 is 4.79 Å². The molecule has 0 spiro atoms. The molecule has 2 aromatic carbocycles. The lowest BCUT2D eigenvalue weighted by Crippen LogP contribution is -2.24. The molecule has 0 saturated carbocycles. The molecule has 0 bridgehead atoms. The molecule has 1 N–H and O–H groups in total. The van der Waals surface area contributed by atoms with Crippen molar-refractivity contribution in [3.63, 3.8) is 0 Å². The maximum Gasteiger partial charge on any atom is 0.230 e. The number of hydrogen-bond acceptors (Lipinski definition) is 4. The molecule has 0 fully saturated rings. The Bertz CT molecular complexity index is 936. The molecule has 158 valence electrons. The molecular weight excluding hydrogens is 392 g/mol. The Hall–Kier alpha value is -2.60. The molecule has 3 aromatic rings. The van der Waals surface area contributed by atoms with Gasteiger partial charge < -0.3 is 9.88 Å². The molecule has 0 saturated heterocycles. The third-order valence-electron chi connectivity index (χ3n) is 4.76. The quantitative estimate of drug-likeness (QED) is 0.491. The highest BCUT2D eigenvalue weighted by Crippen LogP contribution is 2.20. The van der Waals surface area contributed by atoms with Crippen molar-refractivity contribution in [3.05, 3.63) is 77.1 Å². The third kappa shape index (κ3) is 6.73. The minimum absolute atomic E-state index is 0.00510. The SMILES string of the molecule is Cc1ccc(CNC(=O)CSc2nnc(CCc3ccccc3)n2CC(C)C)cc1. The van der Waals surface area contributed by atoms with Gasteiger partial charge in [-0.3, -0.25) is 4.79 Å². The first-order valence-corrected chi connectivity index (χ1v) is 11.4. The van der Waals surface area contributed by atoms with Crippen LogP contribution in [-0.4, -0.2) is 26.4 Å². The fraction of sp³-hybridized carbons (Fsp3) is 0.375. The van der Waals surface area contributed by atoms with Gasteiger partial charge in [-0.1, -0.05) is 85.8 Å². The van der Waals surface area contributed by atoms with Crippen LogP contribution in [-0.2, 0) is 30.7 Å². The van der Waals surface area contributed by atoms with Crippen LogP contribution in [0.1, 0.15) is 36.4 Å². The van der Waals surface area contributed by atoms with Crippen molar-refractivity contribution in [3.8, 4) is 0 Å². The van der Waals surface area contributed by atoms with E-state index in [2.05, 4.69) is 77.3 Å². The topological polar surface area (TPSA) is 59.8 Å². The molecule has 0 radical (unpaired) electrons. The number of hydrogen-bond donors (Lipinski definition) is 1. The first-order valence-electron chi connectivity index (χ1n) is 10.4. The van der Waals surface area contributed by atoms with Crippen LogP contribution in [0.25, 0.3) is 0 Å². The van der Waals surface area contributed by atoms with E-state index in [0.29, 0.717) is 18.2 Å². The van der Waals surface area contributed by atoms with Crippen molar-refractivity contribution >= 4 is 17.7 Å². The zero-order chi connectivity index (χ0) is 21.3. The average molecular weight is 423 g/mol. The maximum absolute atomic E-state index is 12.3. The number of benzene rings is 2. The molecule has 0 atom stereocenters. The summed E-state index contributed by atoms with van der Waals surface area (Å²) in [6.45, 7) is 7.82. The van der Waals surface area contributed by atoms with E-state index in [1.807, 2.05) is 18.2 Å². The molecular formula is C24H30N4OS. The number of nitrogens with one attached hydrogen (secondary N) is 1. The largest absolute Gasteiger partial charge is 0.351 e. The highest BCUT2D eigenvalue weighted by atomic mass is 32.2. The van der Waals surface area contributed by atoms with E-state index in [1.54, 1.807) is 0 Å². The summed E-state index contributed by atoms with van der Waals surface area (Å²) >= 11 is 1.45. The molecule has 0 aliphatic carbocycles. The second kappa shape index (κ2) is 11.0.